The summed E-state index contributed by atoms with van der Waals surface area (Å²) < 4.78 is 0. The van der Waals surface area contributed by atoms with Gasteiger partial charge in [0.15, 0.2) is 5.82 Å². The molecule has 3 aliphatic rings. The number of aryl methyl sites for hydroxylation is 1. The number of benzene rings is 1. The Morgan fingerprint density at radius 2 is 1.64 bits per heavy atom. The molecular weight excluding hydrogens is 348 g/mol. The van der Waals surface area contributed by atoms with E-state index in [-0.39, 0.29) is 0 Å². The highest BCUT2D eigenvalue weighted by molar-refractivity contribution is 5.77. The molecule has 1 amide bonds. The van der Waals surface area contributed by atoms with Crippen LogP contribution in [0.3, 0.4) is 0 Å². The number of carbonyl (C=O) groups excluding carboxylic acids is 1. The molecule has 0 bridgehead atoms. The molecular formula is C23H30N4O. The maximum absolute atomic E-state index is 12.8. The monoisotopic (exact) mass is 378 g/mol. The molecule has 5 rings (SSSR count). The van der Waals surface area contributed by atoms with Crippen molar-refractivity contribution in [3.05, 3.63) is 30.0 Å². The van der Waals surface area contributed by atoms with Gasteiger partial charge in [-0.2, -0.15) is 0 Å². The van der Waals surface area contributed by atoms with E-state index in [1.807, 2.05) is 24.3 Å². The van der Waals surface area contributed by atoms with E-state index < -0.39 is 0 Å². The van der Waals surface area contributed by atoms with E-state index in [2.05, 4.69) is 16.7 Å². The van der Waals surface area contributed by atoms with E-state index >= 15 is 0 Å². The molecule has 2 unspecified atom stereocenters. The number of para-hydroxylation sites is 2. The van der Waals surface area contributed by atoms with E-state index in [0.29, 0.717) is 11.8 Å². The molecule has 2 saturated heterocycles. The number of fused-ring (bicyclic) bond motifs is 2. The van der Waals surface area contributed by atoms with Crippen molar-refractivity contribution in [2.75, 3.05) is 31.1 Å². The fraction of sp³-hybridized carbons (Fsp3) is 0.609. The van der Waals surface area contributed by atoms with Gasteiger partial charge in [0.2, 0.25) is 5.91 Å². The maximum atomic E-state index is 12.8. The van der Waals surface area contributed by atoms with E-state index in [1.165, 1.54) is 19.3 Å². The van der Waals surface area contributed by atoms with Gasteiger partial charge < -0.3 is 9.80 Å². The van der Waals surface area contributed by atoms with E-state index in [9.17, 15) is 4.79 Å². The molecule has 0 radical (unpaired) electrons. The molecule has 148 valence electrons. The van der Waals surface area contributed by atoms with Crippen LogP contribution < -0.4 is 4.90 Å². The number of rotatable bonds is 3. The van der Waals surface area contributed by atoms with Gasteiger partial charge >= 0.3 is 0 Å². The summed E-state index contributed by atoms with van der Waals surface area (Å²) in [5.74, 6) is 3.50. The van der Waals surface area contributed by atoms with Crippen LogP contribution in [0.2, 0.25) is 0 Å². The van der Waals surface area contributed by atoms with Crippen LogP contribution in [0.15, 0.2) is 24.3 Å². The highest BCUT2D eigenvalue weighted by Gasteiger charge is 2.38. The number of nitrogens with zero attached hydrogens (tertiary/aromatic N) is 4. The van der Waals surface area contributed by atoms with Crippen molar-refractivity contribution in [2.45, 2.75) is 45.4 Å². The highest BCUT2D eigenvalue weighted by atomic mass is 16.2. The summed E-state index contributed by atoms with van der Waals surface area (Å²) in [6.45, 7) is 6.03. The summed E-state index contributed by atoms with van der Waals surface area (Å²) in [5.41, 5.74) is 2.91. The van der Waals surface area contributed by atoms with Crippen LogP contribution in [-0.2, 0) is 4.79 Å². The van der Waals surface area contributed by atoms with Crippen LogP contribution in [0.25, 0.3) is 11.0 Å². The minimum atomic E-state index is 0.398. The van der Waals surface area contributed by atoms with Gasteiger partial charge in [0, 0.05) is 32.6 Å². The molecule has 5 heteroatoms. The summed E-state index contributed by atoms with van der Waals surface area (Å²) in [4.78, 5) is 26.9. The SMILES string of the molecule is Cc1nc2ccccc2nc1N1CCC(CC(=O)N2CC3CCCC3C2)CC1. The zero-order chi connectivity index (χ0) is 19.1. The molecule has 28 heavy (non-hydrogen) atoms. The van der Waals surface area contributed by atoms with E-state index in [0.717, 1.165) is 79.8 Å². The van der Waals surface area contributed by atoms with Crippen molar-refractivity contribution < 1.29 is 4.79 Å². The first-order valence-corrected chi connectivity index (χ1v) is 10.9. The summed E-state index contributed by atoms with van der Waals surface area (Å²) in [6.07, 6.45) is 6.90. The van der Waals surface area contributed by atoms with Crippen molar-refractivity contribution >= 4 is 22.8 Å². The van der Waals surface area contributed by atoms with Crippen LogP contribution in [0.1, 0.15) is 44.2 Å². The lowest BCUT2D eigenvalue weighted by Gasteiger charge is -2.33. The Balaban J connectivity index is 1.19. The summed E-state index contributed by atoms with van der Waals surface area (Å²) in [6, 6.07) is 8.07. The molecule has 2 aromatic rings. The van der Waals surface area contributed by atoms with Gasteiger partial charge in [-0.25, -0.2) is 9.97 Å². The van der Waals surface area contributed by atoms with Crippen LogP contribution >= 0.6 is 0 Å². The minimum absolute atomic E-state index is 0.398. The Bertz CT molecular complexity index is 862. The Morgan fingerprint density at radius 1 is 1.00 bits per heavy atom. The average Bonchev–Trinajstić information content (AvgIpc) is 3.30. The lowest BCUT2D eigenvalue weighted by atomic mass is 9.93. The number of amides is 1. The maximum Gasteiger partial charge on any atom is 0.222 e. The topological polar surface area (TPSA) is 49.3 Å². The third kappa shape index (κ3) is 3.36. The minimum Gasteiger partial charge on any atom is -0.355 e. The first-order valence-electron chi connectivity index (χ1n) is 10.9. The smallest absolute Gasteiger partial charge is 0.222 e. The number of hydrogen-bond donors (Lipinski definition) is 0. The molecule has 3 heterocycles. The molecule has 3 fully saturated rings. The fourth-order valence-corrected chi connectivity index (χ4v) is 5.54. The standard InChI is InChI=1S/C23H30N4O/c1-16-23(25-21-8-3-2-7-20(21)24-16)26-11-9-17(10-12-26)13-22(28)27-14-18-5-4-6-19(18)15-27/h2-3,7-8,17-19H,4-6,9-15H2,1H3. The van der Waals surface area contributed by atoms with Gasteiger partial charge in [-0.1, -0.05) is 18.6 Å². The van der Waals surface area contributed by atoms with E-state index in [4.69, 9.17) is 9.97 Å². The second-order valence-corrected chi connectivity index (χ2v) is 9.01. The first kappa shape index (κ1) is 17.9. The number of anilines is 1. The van der Waals surface area contributed by atoms with Gasteiger partial charge in [0.25, 0.3) is 0 Å². The number of hydrogen-bond acceptors (Lipinski definition) is 4. The summed E-state index contributed by atoms with van der Waals surface area (Å²) >= 11 is 0. The van der Waals surface area contributed by atoms with Crippen molar-refractivity contribution in [3.8, 4) is 0 Å². The Morgan fingerprint density at radius 3 is 2.32 bits per heavy atom. The number of piperidine rings is 1. The largest absolute Gasteiger partial charge is 0.355 e. The van der Waals surface area contributed by atoms with Crippen LogP contribution in [0, 0.1) is 24.7 Å². The van der Waals surface area contributed by atoms with Crippen molar-refractivity contribution in [1.82, 2.24) is 14.9 Å². The second-order valence-electron chi connectivity index (χ2n) is 9.01. The van der Waals surface area contributed by atoms with Crippen molar-refractivity contribution in [1.29, 1.82) is 0 Å². The van der Waals surface area contributed by atoms with Gasteiger partial charge in [0.05, 0.1) is 16.7 Å². The molecule has 2 atom stereocenters. The second kappa shape index (κ2) is 7.34. The molecule has 1 aromatic heterocycles. The van der Waals surface area contributed by atoms with Gasteiger partial charge in [0.1, 0.15) is 0 Å². The number of carbonyl (C=O) groups is 1. The highest BCUT2D eigenvalue weighted by Crippen LogP contribution is 2.38. The third-order valence-corrected chi connectivity index (χ3v) is 7.18. The molecule has 1 aromatic carbocycles. The Hall–Kier alpha value is -2.17. The quantitative estimate of drug-likeness (QED) is 0.815. The number of likely N-dealkylation sites (tertiary alicyclic amines) is 1. The molecule has 0 N–H and O–H groups in total. The molecule has 0 spiro atoms. The predicted octanol–water partition coefficient (Wildman–Crippen LogP) is 3.80. The molecule has 2 aliphatic heterocycles. The lowest BCUT2D eigenvalue weighted by molar-refractivity contribution is -0.131. The zero-order valence-electron chi connectivity index (χ0n) is 16.8. The van der Waals surface area contributed by atoms with Crippen LogP contribution in [0.5, 0.6) is 0 Å². The van der Waals surface area contributed by atoms with Crippen LogP contribution in [-0.4, -0.2) is 47.0 Å². The Labute approximate surface area is 167 Å². The van der Waals surface area contributed by atoms with Gasteiger partial charge in [-0.15, -0.1) is 0 Å². The first-order chi connectivity index (χ1) is 13.7. The molecule has 1 aliphatic carbocycles. The fourth-order valence-electron chi connectivity index (χ4n) is 5.54. The summed E-state index contributed by atoms with van der Waals surface area (Å²) in [7, 11) is 0. The average molecular weight is 379 g/mol. The summed E-state index contributed by atoms with van der Waals surface area (Å²) in [5, 5.41) is 0. The van der Waals surface area contributed by atoms with Crippen LogP contribution in [0.4, 0.5) is 5.82 Å². The predicted molar refractivity (Wildman–Crippen MR) is 111 cm³/mol. The van der Waals surface area contributed by atoms with E-state index in [1.54, 1.807) is 0 Å². The lowest BCUT2D eigenvalue weighted by Crippen LogP contribution is -2.37. The zero-order valence-corrected chi connectivity index (χ0v) is 16.8. The van der Waals surface area contributed by atoms with Crippen molar-refractivity contribution in [2.24, 2.45) is 17.8 Å². The van der Waals surface area contributed by atoms with Crippen molar-refractivity contribution in [3.63, 3.8) is 0 Å². The molecule has 1 saturated carbocycles. The molecule has 5 nitrogen and oxygen atoms in total. The number of aromatic nitrogens is 2. The van der Waals surface area contributed by atoms with Gasteiger partial charge in [-0.3, -0.25) is 4.79 Å². The normalized spacial score (nSPS) is 25.5. The third-order valence-electron chi connectivity index (χ3n) is 7.18. The Kier molecular flexibility index (Phi) is 4.69. The van der Waals surface area contributed by atoms with Gasteiger partial charge in [-0.05, 0) is 62.5 Å².